The third-order valence-corrected chi connectivity index (χ3v) is 2.52. The van der Waals surface area contributed by atoms with Gasteiger partial charge in [0, 0.05) is 16.5 Å². The van der Waals surface area contributed by atoms with Crippen LogP contribution in [-0.4, -0.2) is 18.1 Å². The fourth-order valence-corrected chi connectivity index (χ4v) is 1.71. The second kappa shape index (κ2) is 3.90. The Balaban J connectivity index is 2.77. The number of hydrogen-bond donors (Lipinski definition) is 1. The van der Waals surface area contributed by atoms with Crippen LogP contribution in [0.5, 0.6) is 0 Å². The van der Waals surface area contributed by atoms with E-state index < -0.39 is 0 Å². The topological polar surface area (TPSA) is 39.2 Å². The maximum atomic E-state index is 11.5. The quantitative estimate of drug-likeness (QED) is 0.591. The van der Waals surface area contributed by atoms with E-state index >= 15 is 0 Å². The maximum Gasteiger partial charge on any atom is 0.338 e. The fraction of sp³-hybridized carbons (Fsp3) is 0.0909. The van der Waals surface area contributed by atoms with Crippen molar-refractivity contribution in [2.24, 2.45) is 0 Å². The first-order valence-electron chi connectivity index (χ1n) is 4.39. The zero-order valence-corrected chi connectivity index (χ0v) is 8.99. The van der Waals surface area contributed by atoms with Crippen molar-refractivity contribution in [2.45, 2.75) is 4.90 Å². The molecule has 76 valence electrons. The molecule has 1 aromatic carbocycles. The molecule has 4 heteroatoms. The van der Waals surface area contributed by atoms with Crippen LogP contribution < -0.4 is 0 Å². The van der Waals surface area contributed by atoms with E-state index in [0.29, 0.717) is 11.1 Å². The standard InChI is InChI=1S/C11H9NO2S/c1-14-11(13)8-5-6-12-10-7(8)3-2-4-9(10)15/h2-6,15H,1H3. The number of rotatable bonds is 1. The van der Waals surface area contributed by atoms with Gasteiger partial charge in [0.1, 0.15) is 0 Å². The van der Waals surface area contributed by atoms with Crippen LogP contribution in [0.25, 0.3) is 10.9 Å². The Morgan fingerprint density at radius 1 is 1.40 bits per heavy atom. The number of aromatic nitrogens is 1. The summed E-state index contributed by atoms with van der Waals surface area (Å²) in [6.07, 6.45) is 1.58. The van der Waals surface area contributed by atoms with Crippen LogP contribution in [0.2, 0.25) is 0 Å². The van der Waals surface area contributed by atoms with E-state index in [9.17, 15) is 4.79 Å². The molecule has 0 fully saturated rings. The molecule has 0 N–H and O–H groups in total. The van der Waals surface area contributed by atoms with Gasteiger partial charge < -0.3 is 4.74 Å². The third-order valence-electron chi connectivity index (χ3n) is 2.16. The summed E-state index contributed by atoms with van der Waals surface area (Å²) in [4.78, 5) is 16.4. The van der Waals surface area contributed by atoms with Gasteiger partial charge >= 0.3 is 5.97 Å². The molecule has 0 spiro atoms. The van der Waals surface area contributed by atoms with Crippen molar-refractivity contribution in [3.05, 3.63) is 36.0 Å². The Labute approximate surface area is 92.5 Å². The van der Waals surface area contributed by atoms with Crippen LogP contribution in [0.3, 0.4) is 0 Å². The summed E-state index contributed by atoms with van der Waals surface area (Å²) >= 11 is 4.28. The van der Waals surface area contributed by atoms with Crippen LogP contribution in [0, 0.1) is 0 Å². The number of hydrogen-bond acceptors (Lipinski definition) is 4. The van der Waals surface area contributed by atoms with Gasteiger partial charge in [-0.25, -0.2) is 4.79 Å². The number of para-hydroxylation sites is 1. The average molecular weight is 219 g/mol. The number of ether oxygens (including phenoxy) is 1. The molecule has 0 aliphatic rings. The molecule has 1 heterocycles. The molecule has 0 radical (unpaired) electrons. The van der Waals surface area contributed by atoms with Crippen molar-refractivity contribution in [1.82, 2.24) is 4.98 Å². The van der Waals surface area contributed by atoms with E-state index in [-0.39, 0.29) is 5.97 Å². The smallest absolute Gasteiger partial charge is 0.338 e. The average Bonchev–Trinajstić information content (AvgIpc) is 2.28. The van der Waals surface area contributed by atoms with Gasteiger partial charge in [0.05, 0.1) is 18.2 Å². The van der Waals surface area contributed by atoms with E-state index in [4.69, 9.17) is 4.74 Å². The molecule has 0 aliphatic heterocycles. The lowest BCUT2D eigenvalue weighted by Gasteiger charge is -2.04. The molecule has 2 aromatic rings. The van der Waals surface area contributed by atoms with Crippen molar-refractivity contribution in [1.29, 1.82) is 0 Å². The molecule has 0 atom stereocenters. The molecular formula is C11H9NO2S. The molecule has 0 bridgehead atoms. The Hall–Kier alpha value is -1.55. The number of pyridine rings is 1. The highest BCUT2D eigenvalue weighted by atomic mass is 32.1. The molecule has 0 amide bonds. The van der Waals surface area contributed by atoms with E-state index in [1.165, 1.54) is 7.11 Å². The number of carbonyl (C=O) groups is 1. The predicted molar refractivity (Wildman–Crippen MR) is 60.3 cm³/mol. The first-order valence-corrected chi connectivity index (χ1v) is 4.84. The summed E-state index contributed by atoms with van der Waals surface area (Å²) in [5, 5.41) is 0.761. The summed E-state index contributed by atoms with van der Waals surface area (Å²) in [6.45, 7) is 0. The Morgan fingerprint density at radius 2 is 2.20 bits per heavy atom. The lowest BCUT2D eigenvalue weighted by Crippen LogP contribution is -2.02. The molecular weight excluding hydrogens is 210 g/mol. The molecule has 0 saturated carbocycles. The van der Waals surface area contributed by atoms with Gasteiger partial charge in [-0.15, -0.1) is 12.6 Å². The fourth-order valence-electron chi connectivity index (χ4n) is 1.45. The zero-order valence-electron chi connectivity index (χ0n) is 8.10. The Kier molecular flexibility index (Phi) is 2.60. The predicted octanol–water partition coefficient (Wildman–Crippen LogP) is 2.31. The highest BCUT2D eigenvalue weighted by molar-refractivity contribution is 7.80. The Bertz CT molecular complexity index is 525. The number of methoxy groups -OCH3 is 1. The minimum absolute atomic E-state index is 0.360. The zero-order chi connectivity index (χ0) is 10.8. The number of nitrogens with zero attached hydrogens (tertiary/aromatic N) is 1. The number of fused-ring (bicyclic) bond motifs is 1. The van der Waals surface area contributed by atoms with Gasteiger partial charge in [-0.3, -0.25) is 4.98 Å². The van der Waals surface area contributed by atoms with Crippen LogP contribution in [0.4, 0.5) is 0 Å². The largest absolute Gasteiger partial charge is 0.465 e. The third kappa shape index (κ3) is 1.68. The molecule has 15 heavy (non-hydrogen) atoms. The highest BCUT2D eigenvalue weighted by Gasteiger charge is 2.11. The number of esters is 1. The van der Waals surface area contributed by atoms with E-state index in [1.807, 2.05) is 18.2 Å². The number of carbonyl (C=O) groups excluding carboxylic acids is 1. The van der Waals surface area contributed by atoms with Gasteiger partial charge in [-0.2, -0.15) is 0 Å². The molecule has 2 rings (SSSR count). The van der Waals surface area contributed by atoms with Crippen molar-refractivity contribution in [3.8, 4) is 0 Å². The summed E-state index contributed by atoms with van der Waals surface area (Å²) in [6, 6.07) is 7.13. The number of benzene rings is 1. The Morgan fingerprint density at radius 3 is 2.93 bits per heavy atom. The van der Waals surface area contributed by atoms with Crippen molar-refractivity contribution >= 4 is 29.5 Å². The highest BCUT2D eigenvalue weighted by Crippen LogP contribution is 2.22. The summed E-state index contributed by atoms with van der Waals surface area (Å²) in [5.74, 6) is -0.360. The lowest BCUT2D eigenvalue weighted by atomic mass is 10.1. The normalized spacial score (nSPS) is 10.3. The molecule has 0 saturated heterocycles. The van der Waals surface area contributed by atoms with Crippen LogP contribution in [0.1, 0.15) is 10.4 Å². The van der Waals surface area contributed by atoms with Crippen LogP contribution in [-0.2, 0) is 4.74 Å². The van der Waals surface area contributed by atoms with Crippen molar-refractivity contribution < 1.29 is 9.53 Å². The minimum atomic E-state index is -0.360. The molecule has 0 aliphatic carbocycles. The molecule has 3 nitrogen and oxygen atoms in total. The lowest BCUT2D eigenvalue weighted by molar-refractivity contribution is 0.0603. The minimum Gasteiger partial charge on any atom is -0.465 e. The van der Waals surface area contributed by atoms with Gasteiger partial charge in [-0.1, -0.05) is 12.1 Å². The molecule has 0 unspecified atom stereocenters. The first kappa shape index (κ1) is 9.98. The van der Waals surface area contributed by atoms with Gasteiger partial charge in [0.2, 0.25) is 0 Å². The maximum absolute atomic E-state index is 11.5. The van der Waals surface area contributed by atoms with Gasteiger partial charge in [0.25, 0.3) is 0 Å². The van der Waals surface area contributed by atoms with Crippen LogP contribution in [0.15, 0.2) is 35.4 Å². The van der Waals surface area contributed by atoms with Crippen LogP contribution >= 0.6 is 12.6 Å². The van der Waals surface area contributed by atoms with E-state index in [0.717, 1.165) is 10.3 Å². The van der Waals surface area contributed by atoms with E-state index in [2.05, 4.69) is 17.6 Å². The van der Waals surface area contributed by atoms with Gasteiger partial charge in [-0.05, 0) is 12.1 Å². The summed E-state index contributed by atoms with van der Waals surface area (Å²) in [5.41, 5.74) is 1.22. The SMILES string of the molecule is COC(=O)c1ccnc2c(S)cccc12. The van der Waals surface area contributed by atoms with Crippen molar-refractivity contribution in [3.63, 3.8) is 0 Å². The first-order chi connectivity index (χ1) is 7.24. The summed E-state index contributed by atoms with van der Waals surface area (Å²) in [7, 11) is 1.36. The summed E-state index contributed by atoms with van der Waals surface area (Å²) < 4.78 is 4.69. The monoisotopic (exact) mass is 219 g/mol. The van der Waals surface area contributed by atoms with Crippen molar-refractivity contribution in [2.75, 3.05) is 7.11 Å². The second-order valence-electron chi connectivity index (χ2n) is 3.02. The second-order valence-corrected chi connectivity index (χ2v) is 3.51. The number of thiol groups is 1. The molecule has 1 aromatic heterocycles. The van der Waals surface area contributed by atoms with Gasteiger partial charge in [0.15, 0.2) is 0 Å². The van der Waals surface area contributed by atoms with E-state index in [1.54, 1.807) is 12.3 Å².